The number of anilines is 1. The molecule has 2 rings (SSSR count). The second-order valence-electron chi connectivity index (χ2n) is 4.63. The van der Waals surface area contributed by atoms with Crippen molar-refractivity contribution in [3.05, 3.63) is 23.8 Å². The Morgan fingerprint density at radius 2 is 2.19 bits per heavy atom. The number of rotatable bonds is 5. The number of aliphatic hydroxyl groups is 1. The van der Waals surface area contributed by atoms with Gasteiger partial charge in [-0.2, -0.15) is 0 Å². The van der Waals surface area contributed by atoms with Gasteiger partial charge in [-0.3, -0.25) is 4.79 Å². The Morgan fingerprint density at radius 3 is 2.76 bits per heavy atom. The number of benzene rings is 1. The Balaban J connectivity index is 2.43. The standard InChI is InChI=1S/C13H18N6O2/c1-14-11-7-9(12-15-16-17-19(12)3)6-10(8-11)13(21)18(2)4-5-20/h6-8,14,20H,4-5H2,1-3H3. The van der Waals surface area contributed by atoms with Gasteiger partial charge in [0.05, 0.1) is 6.61 Å². The molecule has 0 unspecified atom stereocenters. The zero-order valence-electron chi connectivity index (χ0n) is 12.2. The first-order valence-corrected chi connectivity index (χ1v) is 6.48. The van der Waals surface area contributed by atoms with Gasteiger partial charge in [-0.25, -0.2) is 4.68 Å². The number of aliphatic hydroxyl groups excluding tert-OH is 1. The van der Waals surface area contributed by atoms with Crippen LogP contribution in [-0.2, 0) is 7.05 Å². The molecule has 2 aromatic rings. The van der Waals surface area contributed by atoms with Crippen LogP contribution >= 0.6 is 0 Å². The van der Waals surface area contributed by atoms with Gasteiger partial charge in [0.15, 0.2) is 5.82 Å². The predicted molar refractivity (Wildman–Crippen MR) is 77.8 cm³/mol. The third-order valence-corrected chi connectivity index (χ3v) is 3.13. The highest BCUT2D eigenvalue weighted by atomic mass is 16.3. The topological polar surface area (TPSA) is 96.2 Å². The number of tetrazole rings is 1. The van der Waals surface area contributed by atoms with Gasteiger partial charge in [0.1, 0.15) is 0 Å². The highest BCUT2D eigenvalue weighted by Crippen LogP contribution is 2.23. The molecule has 0 fully saturated rings. The largest absolute Gasteiger partial charge is 0.395 e. The molecule has 1 heterocycles. The third-order valence-electron chi connectivity index (χ3n) is 3.13. The fourth-order valence-electron chi connectivity index (χ4n) is 1.97. The van der Waals surface area contributed by atoms with Gasteiger partial charge in [-0.1, -0.05) is 0 Å². The van der Waals surface area contributed by atoms with Gasteiger partial charge >= 0.3 is 0 Å². The van der Waals surface area contributed by atoms with E-state index < -0.39 is 0 Å². The van der Waals surface area contributed by atoms with Crippen molar-refractivity contribution in [1.82, 2.24) is 25.1 Å². The van der Waals surface area contributed by atoms with Crippen molar-refractivity contribution in [2.75, 3.05) is 32.6 Å². The van der Waals surface area contributed by atoms with Crippen LogP contribution in [0.3, 0.4) is 0 Å². The Labute approximate surface area is 122 Å². The third kappa shape index (κ3) is 3.16. The molecule has 0 radical (unpaired) electrons. The SMILES string of the molecule is CNc1cc(C(=O)N(C)CCO)cc(-c2nnnn2C)c1. The van der Waals surface area contributed by atoms with Crippen molar-refractivity contribution in [2.45, 2.75) is 0 Å². The molecule has 0 bridgehead atoms. The van der Waals surface area contributed by atoms with Crippen molar-refractivity contribution in [3.8, 4) is 11.4 Å². The van der Waals surface area contributed by atoms with Crippen LogP contribution in [0.4, 0.5) is 5.69 Å². The van der Waals surface area contributed by atoms with E-state index in [1.165, 1.54) is 4.90 Å². The van der Waals surface area contributed by atoms with Crippen molar-refractivity contribution in [2.24, 2.45) is 7.05 Å². The summed E-state index contributed by atoms with van der Waals surface area (Å²) in [5, 5.41) is 23.3. The van der Waals surface area contributed by atoms with Crippen LogP contribution < -0.4 is 5.32 Å². The molecule has 1 aromatic carbocycles. The highest BCUT2D eigenvalue weighted by molar-refractivity contribution is 5.96. The van der Waals surface area contributed by atoms with Crippen LogP contribution in [0.15, 0.2) is 18.2 Å². The second-order valence-corrected chi connectivity index (χ2v) is 4.63. The number of hydrogen-bond acceptors (Lipinski definition) is 6. The number of likely N-dealkylation sites (N-methyl/N-ethyl adjacent to an activating group) is 1. The molecule has 0 aliphatic heterocycles. The minimum absolute atomic E-state index is 0.0754. The smallest absolute Gasteiger partial charge is 0.253 e. The van der Waals surface area contributed by atoms with Gasteiger partial charge in [0.2, 0.25) is 0 Å². The summed E-state index contributed by atoms with van der Waals surface area (Å²) in [6.45, 7) is 0.206. The summed E-state index contributed by atoms with van der Waals surface area (Å²) < 4.78 is 1.54. The molecule has 0 atom stereocenters. The first-order chi connectivity index (χ1) is 10.1. The molecule has 21 heavy (non-hydrogen) atoms. The first-order valence-electron chi connectivity index (χ1n) is 6.48. The van der Waals surface area contributed by atoms with E-state index in [0.29, 0.717) is 11.4 Å². The lowest BCUT2D eigenvalue weighted by Crippen LogP contribution is -2.29. The monoisotopic (exact) mass is 290 g/mol. The maximum absolute atomic E-state index is 12.3. The molecule has 1 aromatic heterocycles. The van der Waals surface area contributed by atoms with E-state index >= 15 is 0 Å². The maximum atomic E-state index is 12.3. The van der Waals surface area contributed by atoms with Crippen molar-refractivity contribution in [1.29, 1.82) is 0 Å². The summed E-state index contributed by atoms with van der Waals surface area (Å²) >= 11 is 0. The molecule has 0 saturated heterocycles. The molecule has 0 aliphatic carbocycles. The van der Waals surface area contributed by atoms with E-state index in [9.17, 15) is 4.79 Å². The quantitative estimate of drug-likeness (QED) is 0.803. The number of carbonyl (C=O) groups is 1. The summed E-state index contributed by atoms with van der Waals surface area (Å²) in [5.74, 6) is 0.406. The lowest BCUT2D eigenvalue weighted by Gasteiger charge is -2.17. The summed E-state index contributed by atoms with van der Waals surface area (Å²) in [6, 6.07) is 5.36. The van der Waals surface area contributed by atoms with Crippen LogP contribution in [0.25, 0.3) is 11.4 Å². The summed E-state index contributed by atoms with van der Waals surface area (Å²) in [4.78, 5) is 13.8. The number of amides is 1. The van der Waals surface area contributed by atoms with Crippen molar-refractivity contribution >= 4 is 11.6 Å². The van der Waals surface area contributed by atoms with Crippen LogP contribution in [0.5, 0.6) is 0 Å². The minimum Gasteiger partial charge on any atom is -0.395 e. The molecule has 0 aliphatic rings. The van der Waals surface area contributed by atoms with E-state index in [1.54, 1.807) is 38.0 Å². The molecule has 8 heteroatoms. The van der Waals surface area contributed by atoms with Crippen molar-refractivity contribution < 1.29 is 9.90 Å². The zero-order chi connectivity index (χ0) is 15.4. The zero-order valence-corrected chi connectivity index (χ0v) is 12.2. The highest BCUT2D eigenvalue weighted by Gasteiger charge is 2.15. The number of nitrogens with one attached hydrogen (secondary N) is 1. The normalized spacial score (nSPS) is 10.5. The van der Waals surface area contributed by atoms with Crippen LogP contribution in [0.2, 0.25) is 0 Å². The lowest BCUT2D eigenvalue weighted by atomic mass is 10.1. The van der Waals surface area contributed by atoms with Gasteiger partial charge in [-0.05, 0) is 28.6 Å². The average molecular weight is 290 g/mol. The molecule has 0 spiro atoms. The first kappa shape index (κ1) is 14.9. The number of aryl methyl sites for hydroxylation is 1. The Hall–Kier alpha value is -2.48. The fourth-order valence-corrected chi connectivity index (χ4v) is 1.97. The molecule has 2 N–H and O–H groups in total. The van der Waals surface area contributed by atoms with E-state index in [2.05, 4.69) is 20.8 Å². The Bertz CT molecular complexity index is 639. The van der Waals surface area contributed by atoms with Gasteiger partial charge in [-0.15, -0.1) is 5.10 Å². The Kier molecular flexibility index (Phi) is 4.49. The van der Waals surface area contributed by atoms with Crippen LogP contribution in [0, 0.1) is 0 Å². The van der Waals surface area contributed by atoms with Gasteiger partial charge in [0.25, 0.3) is 5.91 Å². The fraction of sp³-hybridized carbons (Fsp3) is 0.385. The molecule has 112 valence electrons. The lowest BCUT2D eigenvalue weighted by molar-refractivity contribution is 0.0767. The molecule has 1 amide bonds. The molecule has 0 saturated carbocycles. The van der Waals surface area contributed by atoms with Crippen LogP contribution in [0.1, 0.15) is 10.4 Å². The van der Waals surface area contributed by atoms with E-state index in [1.807, 2.05) is 6.07 Å². The van der Waals surface area contributed by atoms with E-state index in [4.69, 9.17) is 5.11 Å². The minimum atomic E-state index is -0.169. The summed E-state index contributed by atoms with van der Waals surface area (Å²) in [5.41, 5.74) is 2.04. The Morgan fingerprint density at radius 1 is 1.43 bits per heavy atom. The molecule has 8 nitrogen and oxygen atoms in total. The van der Waals surface area contributed by atoms with Gasteiger partial charge in [0, 0.05) is 44.5 Å². The molecular formula is C13H18N6O2. The van der Waals surface area contributed by atoms with Gasteiger partial charge < -0.3 is 15.3 Å². The predicted octanol–water partition coefficient (Wildman–Crippen LogP) is -0.0169. The van der Waals surface area contributed by atoms with E-state index in [0.717, 1.165) is 11.3 Å². The number of hydrogen-bond donors (Lipinski definition) is 2. The summed E-state index contributed by atoms with van der Waals surface area (Å²) in [6.07, 6.45) is 0. The average Bonchev–Trinajstić information content (AvgIpc) is 2.92. The number of carbonyl (C=O) groups excluding carboxylic acids is 1. The van der Waals surface area contributed by atoms with Crippen LogP contribution in [-0.4, -0.2) is 63.4 Å². The number of aromatic nitrogens is 4. The van der Waals surface area contributed by atoms with E-state index in [-0.39, 0.29) is 19.1 Å². The van der Waals surface area contributed by atoms with Crippen molar-refractivity contribution in [3.63, 3.8) is 0 Å². The second kappa shape index (κ2) is 6.31. The number of nitrogens with zero attached hydrogens (tertiary/aromatic N) is 5. The summed E-state index contributed by atoms with van der Waals surface area (Å²) in [7, 11) is 5.16. The molecular weight excluding hydrogens is 272 g/mol. The maximum Gasteiger partial charge on any atom is 0.253 e.